The van der Waals surface area contributed by atoms with Crippen molar-refractivity contribution in [3.8, 4) is 5.75 Å². The number of benzene rings is 2. The zero-order valence-electron chi connectivity index (χ0n) is 14.4. The Morgan fingerprint density at radius 1 is 1.08 bits per heavy atom. The molecule has 3 rings (SSSR count). The van der Waals surface area contributed by atoms with Crippen LogP contribution in [0, 0.1) is 0 Å². The van der Waals surface area contributed by atoms with Crippen molar-refractivity contribution in [3.05, 3.63) is 75.6 Å². The van der Waals surface area contributed by atoms with Crippen molar-refractivity contribution < 1.29 is 14.7 Å². The quantitative estimate of drug-likeness (QED) is 0.707. The summed E-state index contributed by atoms with van der Waals surface area (Å²) >= 11 is 0. The number of pyridine rings is 1. The lowest BCUT2D eigenvalue weighted by molar-refractivity contribution is 0.0945. The third kappa shape index (κ3) is 3.09. The normalized spacial score (nSPS) is 10.7. The van der Waals surface area contributed by atoms with Gasteiger partial charge in [0.2, 0.25) is 0 Å². The molecule has 2 N–H and O–H groups in total. The first-order chi connectivity index (χ1) is 12.4. The highest BCUT2D eigenvalue weighted by Gasteiger charge is 2.20. The molecular formula is C20H18N2O4. The predicted molar refractivity (Wildman–Crippen MR) is 98.5 cm³/mol. The minimum atomic E-state index is -0.649. The number of amides is 1. The number of aryl methyl sites for hydroxylation is 1. The van der Waals surface area contributed by atoms with Crippen molar-refractivity contribution in [3.63, 3.8) is 0 Å². The van der Waals surface area contributed by atoms with Crippen LogP contribution in [0.4, 0.5) is 0 Å². The number of fused-ring (bicyclic) bond motifs is 1. The van der Waals surface area contributed by atoms with E-state index in [9.17, 15) is 19.5 Å². The smallest absolute Gasteiger partial charge is 0.267 e. The van der Waals surface area contributed by atoms with Gasteiger partial charge in [-0.05, 0) is 24.6 Å². The highest BCUT2D eigenvalue weighted by Crippen LogP contribution is 2.25. The maximum absolute atomic E-state index is 12.5. The van der Waals surface area contributed by atoms with Gasteiger partial charge in [0.1, 0.15) is 11.3 Å². The molecule has 0 aliphatic heterocycles. The van der Waals surface area contributed by atoms with E-state index in [0.29, 0.717) is 16.5 Å². The predicted octanol–water partition coefficient (Wildman–Crippen LogP) is 2.38. The van der Waals surface area contributed by atoms with Crippen LogP contribution < -0.4 is 10.9 Å². The molecule has 0 saturated heterocycles. The molecule has 132 valence electrons. The van der Waals surface area contributed by atoms with Gasteiger partial charge in [0, 0.05) is 24.5 Å². The van der Waals surface area contributed by atoms with Crippen LogP contribution in [0.2, 0.25) is 0 Å². The topological polar surface area (TPSA) is 88.4 Å². The second-order valence-corrected chi connectivity index (χ2v) is 6.04. The molecule has 26 heavy (non-hydrogen) atoms. The second-order valence-electron chi connectivity index (χ2n) is 6.04. The Kier molecular flexibility index (Phi) is 4.58. The minimum absolute atomic E-state index is 0.0369. The molecule has 0 saturated carbocycles. The van der Waals surface area contributed by atoms with E-state index in [1.807, 2.05) is 0 Å². The fourth-order valence-electron chi connectivity index (χ4n) is 2.81. The van der Waals surface area contributed by atoms with E-state index in [2.05, 4.69) is 5.32 Å². The first-order valence-electron chi connectivity index (χ1n) is 8.09. The Morgan fingerprint density at radius 3 is 2.38 bits per heavy atom. The molecule has 1 aromatic heterocycles. The van der Waals surface area contributed by atoms with Gasteiger partial charge in [0.05, 0.1) is 5.52 Å². The lowest BCUT2D eigenvalue weighted by Gasteiger charge is -2.12. The summed E-state index contributed by atoms with van der Waals surface area (Å²) in [6.07, 6.45) is 0. The van der Waals surface area contributed by atoms with Crippen molar-refractivity contribution >= 4 is 22.6 Å². The van der Waals surface area contributed by atoms with Gasteiger partial charge < -0.3 is 15.0 Å². The summed E-state index contributed by atoms with van der Waals surface area (Å²) < 4.78 is 1.34. The number of para-hydroxylation sites is 1. The molecule has 0 radical (unpaired) electrons. The third-order valence-electron chi connectivity index (χ3n) is 4.32. The SMILES string of the molecule is CC(=O)c1ccc(CNC(=O)c2c(O)c3ccccc3n(C)c2=O)cc1. The van der Waals surface area contributed by atoms with Crippen LogP contribution in [0.1, 0.15) is 33.2 Å². The summed E-state index contributed by atoms with van der Waals surface area (Å²) in [6.45, 7) is 1.65. The van der Waals surface area contributed by atoms with E-state index in [1.165, 1.54) is 11.5 Å². The fourth-order valence-corrected chi connectivity index (χ4v) is 2.81. The average Bonchev–Trinajstić information content (AvgIpc) is 2.65. The molecule has 0 fully saturated rings. The Labute approximate surface area is 149 Å². The highest BCUT2D eigenvalue weighted by atomic mass is 16.3. The monoisotopic (exact) mass is 350 g/mol. The number of aromatic hydroxyl groups is 1. The Morgan fingerprint density at radius 2 is 1.73 bits per heavy atom. The lowest BCUT2D eigenvalue weighted by atomic mass is 10.1. The number of carbonyl (C=O) groups is 2. The summed E-state index contributed by atoms with van der Waals surface area (Å²) in [5.74, 6) is -1.01. The summed E-state index contributed by atoms with van der Waals surface area (Å²) in [5.41, 5.74) is 1.06. The highest BCUT2D eigenvalue weighted by molar-refractivity contribution is 6.02. The van der Waals surface area contributed by atoms with E-state index < -0.39 is 11.5 Å². The number of ketones is 1. The summed E-state index contributed by atoms with van der Waals surface area (Å²) in [6, 6.07) is 13.7. The van der Waals surface area contributed by atoms with Crippen molar-refractivity contribution in [1.82, 2.24) is 9.88 Å². The zero-order chi connectivity index (χ0) is 18.8. The number of rotatable bonds is 4. The van der Waals surface area contributed by atoms with Crippen LogP contribution in [0.3, 0.4) is 0 Å². The Balaban J connectivity index is 1.88. The Bertz CT molecular complexity index is 1070. The van der Waals surface area contributed by atoms with Crippen LogP contribution in [-0.2, 0) is 13.6 Å². The zero-order valence-corrected chi connectivity index (χ0v) is 14.4. The van der Waals surface area contributed by atoms with Crippen LogP contribution in [0.15, 0.2) is 53.3 Å². The van der Waals surface area contributed by atoms with Gasteiger partial charge >= 0.3 is 0 Å². The average molecular weight is 350 g/mol. The van der Waals surface area contributed by atoms with Crippen LogP contribution >= 0.6 is 0 Å². The van der Waals surface area contributed by atoms with Gasteiger partial charge in [0.25, 0.3) is 11.5 Å². The summed E-state index contributed by atoms with van der Waals surface area (Å²) in [5, 5.41) is 13.5. The number of aromatic nitrogens is 1. The van der Waals surface area contributed by atoms with Gasteiger partial charge in [-0.2, -0.15) is 0 Å². The van der Waals surface area contributed by atoms with Crippen molar-refractivity contribution in [2.24, 2.45) is 7.05 Å². The van der Waals surface area contributed by atoms with Gasteiger partial charge in [-0.3, -0.25) is 14.4 Å². The molecule has 0 spiro atoms. The van der Waals surface area contributed by atoms with E-state index in [4.69, 9.17) is 0 Å². The maximum Gasteiger partial charge on any atom is 0.267 e. The first-order valence-corrected chi connectivity index (χ1v) is 8.09. The molecule has 3 aromatic rings. The van der Waals surface area contributed by atoms with Crippen LogP contribution in [0.5, 0.6) is 5.75 Å². The molecule has 2 aromatic carbocycles. The molecular weight excluding hydrogens is 332 g/mol. The van der Waals surface area contributed by atoms with Crippen LogP contribution in [-0.4, -0.2) is 21.4 Å². The standard InChI is InChI=1S/C20H18N2O4/c1-12(23)14-9-7-13(8-10-14)11-21-19(25)17-18(24)15-5-3-4-6-16(15)22(2)20(17)26/h3-10,24H,11H2,1-2H3,(H,21,25). The summed E-state index contributed by atoms with van der Waals surface area (Å²) in [4.78, 5) is 36.3. The maximum atomic E-state index is 12.5. The molecule has 6 heteroatoms. The van der Waals surface area contributed by atoms with Gasteiger partial charge in [-0.1, -0.05) is 36.4 Å². The van der Waals surface area contributed by atoms with Crippen molar-refractivity contribution in [2.45, 2.75) is 13.5 Å². The van der Waals surface area contributed by atoms with Gasteiger partial charge in [-0.15, -0.1) is 0 Å². The summed E-state index contributed by atoms with van der Waals surface area (Å²) in [7, 11) is 1.56. The van der Waals surface area contributed by atoms with E-state index >= 15 is 0 Å². The van der Waals surface area contributed by atoms with Crippen molar-refractivity contribution in [2.75, 3.05) is 0 Å². The van der Waals surface area contributed by atoms with Crippen LogP contribution in [0.25, 0.3) is 10.9 Å². The number of hydrogen-bond acceptors (Lipinski definition) is 4. The number of hydrogen-bond donors (Lipinski definition) is 2. The number of nitrogens with one attached hydrogen (secondary N) is 1. The molecule has 0 aliphatic rings. The Hall–Kier alpha value is -3.41. The molecule has 0 atom stereocenters. The van der Waals surface area contributed by atoms with E-state index in [0.717, 1.165) is 5.56 Å². The fraction of sp³-hybridized carbons (Fsp3) is 0.150. The molecule has 0 aliphatic carbocycles. The second kappa shape index (κ2) is 6.84. The number of nitrogens with zero attached hydrogens (tertiary/aromatic N) is 1. The van der Waals surface area contributed by atoms with Gasteiger partial charge in [0.15, 0.2) is 5.78 Å². The number of carbonyl (C=O) groups excluding carboxylic acids is 2. The third-order valence-corrected chi connectivity index (χ3v) is 4.32. The van der Waals surface area contributed by atoms with Crippen molar-refractivity contribution in [1.29, 1.82) is 0 Å². The molecule has 1 heterocycles. The molecule has 0 unspecified atom stereocenters. The number of Topliss-reactive ketones (excluding diaryl/α,β-unsaturated/α-hetero) is 1. The molecule has 6 nitrogen and oxygen atoms in total. The van der Waals surface area contributed by atoms with Gasteiger partial charge in [-0.25, -0.2) is 0 Å². The lowest BCUT2D eigenvalue weighted by Crippen LogP contribution is -2.32. The largest absolute Gasteiger partial charge is 0.506 e. The molecule has 1 amide bonds. The first kappa shape index (κ1) is 17.4. The van der Waals surface area contributed by atoms with E-state index in [1.54, 1.807) is 55.6 Å². The van der Waals surface area contributed by atoms with E-state index in [-0.39, 0.29) is 23.6 Å². The minimum Gasteiger partial charge on any atom is -0.506 e. The molecule has 0 bridgehead atoms.